The van der Waals surface area contributed by atoms with E-state index in [2.05, 4.69) is 20.1 Å². The molecule has 0 fully saturated rings. The summed E-state index contributed by atoms with van der Waals surface area (Å²) < 4.78 is 10.1. The van der Waals surface area contributed by atoms with Crippen molar-refractivity contribution in [3.63, 3.8) is 0 Å². The highest BCUT2D eigenvalue weighted by Gasteiger charge is 2.28. The number of ether oxygens (including phenoxy) is 1. The standard InChI is InChI=1S/C18H17N5O3/c1-11-21-18(22-26-11)12-3-4-19-14(7-12)15-9-16-13(10-20-15)8-17(24)23(16)5-6-25-2/h3-4,7,9-10H,5-6,8H2,1-2H3. The van der Waals surface area contributed by atoms with Crippen molar-refractivity contribution >= 4 is 11.6 Å². The molecule has 0 unspecified atom stereocenters. The molecule has 0 aromatic carbocycles. The predicted molar refractivity (Wildman–Crippen MR) is 93.4 cm³/mol. The molecule has 3 aromatic heterocycles. The average molecular weight is 351 g/mol. The second-order valence-corrected chi connectivity index (χ2v) is 5.98. The number of carbonyl (C=O) groups excluding carboxylic acids is 1. The number of pyridine rings is 2. The van der Waals surface area contributed by atoms with E-state index >= 15 is 0 Å². The fraction of sp³-hybridized carbons (Fsp3) is 0.278. The van der Waals surface area contributed by atoms with Gasteiger partial charge in [-0.25, -0.2) is 0 Å². The molecular weight excluding hydrogens is 334 g/mol. The average Bonchev–Trinajstić information content (AvgIpc) is 3.22. The van der Waals surface area contributed by atoms with Crippen LogP contribution in [0.25, 0.3) is 22.8 Å². The number of aryl methyl sites for hydroxylation is 1. The van der Waals surface area contributed by atoms with E-state index in [4.69, 9.17) is 9.26 Å². The van der Waals surface area contributed by atoms with Gasteiger partial charge >= 0.3 is 0 Å². The largest absolute Gasteiger partial charge is 0.383 e. The maximum absolute atomic E-state index is 12.2. The summed E-state index contributed by atoms with van der Waals surface area (Å²) in [6.45, 7) is 2.74. The van der Waals surface area contributed by atoms with Crippen LogP contribution in [-0.4, -0.2) is 46.3 Å². The number of carbonyl (C=O) groups is 1. The predicted octanol–water partition coefficient (Wildman–Crippen LogP) is 2.04. The zero-order valence-corrected chi connectivity index (χ0v) is 14.5. The number of nitrogens with zero attached hydrogens (tertiary/aromatic N) is 5. The molecule has 0 bridgehead atoms. The Balaban J connectivity index is 1.69. The van der Waals surface area contributed by atoms with Crippen LogP contribution in [0.4, 0.5) is 5.69 Å². The van der Waals surface area contributed by atoms with Crippen molar-refractivity contribution in [1.82, 2.24) is 20.1 Å². The Morgan fingerprint density at radius 3 is 2.88 bits per heavy atom. The van der Waals surface area contributed by atoms with Crippen LogP contribution in [0.15, 0.2) is 35.1 Å². The minimum atomic E-state index is 0.0555. The zero-order chi connectivity index (χ0) is 18.1. The number of methoxy groups -OCH3 is 1. The van der Waals surface area contributed by atoms with E-state index in [-0.39, 0.29) is 5.91 Å². The van der Waals surface area contributed by atoms with Gasteiger partial charge in [0, 0.05) is 44.1 Å². The Bertz CT molecular complexity index is 969. The van der Waals surface area contributed by atoms with Gasteiger partial charge in [-0.3, -0.25) is 14.8 Å². The SMILES string of the molecule is COCCN1C(=O)Cc2cnc(-c3cc(-c4noc(C)n4)ccn3)cc21. The summed E-state index contributed by atoms with van der Waals surface area (Å²) in [4.78, 5) is 27.1. The Morgan fingerprint density at radius 1 is 1.27 bits per heavy atom. The van der Waals surface area contributed by atoms with Gasteiger partial charge in [0.05, 0.1) is 30.1 Å². The van der Waals surface area contributed by atoms with Crippen LogP contribution in [-0.2, 0) is 16.0 Å². The molecule has 8 nitrogen and oxygen atoms in total. The molecule has 0 aliphatic carbocycles. The quantitative estimate of drug-likeness (QED) is 0.694. The van der Waals surface area contributed by atoms with E-state index in [0.717, 1.165) is 16.8 Å². The van der Waals surface area contributed by atoms with E-state index in [1.807, 2.05) is 18.2 Å². The highest BCUT2D eigenvalue weighted by Crippen LogP contribution is 2.32. The number of rotatable bonds is 5. The number of aromatic nitrogens is 4. The number of hydrogen-bond donors (Lipinski definition) is 0. The second-order valence-electron chi connectivity index (χ2n) is 5.98. The topological polar surface area (TPSA) is 94.2 Å². The van der Waals surface area contributed by atoms with Crippen LogP contribution in [0.3, 0.4) is 0 Å². The molecule has 26 heavy (non-hydrogen) atoms. The van der Waals surface area contributed by atoms with E-state index in [1.165, 1.54) is 0 Å². The van der Waals surface area contributed by atoms with Crippen LogP contribution in [0.5, 0.6) is 0 Å². The summed E-state index contributed by atoms with van der Waals surface area (Å²) in [7, 11) is 1.62. The van der Waals surface area contributed by atoms with Crippen LogP contribution in [0.2, 0.25) is 0 Å². The Morgan fingerprint density at radius 2 is 2.12 bits per heavy atom. The number of hydrogen-bond acceptors (Lipinski definition) is 7. The lowest BCUT2D eigenvalue weighted by Gasteiger charge is -2.17. The summed E-state index contributed by atoms with van der Waals surface area (Å²) in [6, 6.07) is 5.56. The van der Waals surface area contributed by atoms with Crippen molar-refractivity contribution in [2.24, 2.45) is 0 Å². The number of anilines is 1. The molecule has 1 aliphatic heterocycles. The molecule has 0 atom stereocenters. The number of amides is 1. The zero-order valence-electron chi connectivity index (χ0n) is 14.5. The first kappa shape index (κ1) is 16.3. The van der Waals surface area contributed by atoms with E-state index in [9.17, 15) is 4.79 Å². The lowest BCUT2D eigenvalue weighted by Crippen LogP contribution is -2.30. The first-order valence-corrected chi connectivity index (χ1v) is 8.21. The van der Waals surface area contributed by atoms with Crippen LogP contribution < -0.4 is 4.90 Å². The molecule has 4 rings (SSSR count). The molecule has 3 aromatic rings. The lowest BCUT2D eigenvalue weighted by atomic mass is 10.1. The monoisotopic (exact) mass is 351 g/mol. The Kier molecular flexibility index (Phi) is 4.18. The molecule has 0 N–H and O–H groups in total. The van der Waals surface area contributed by atoms with Crippen molar-refractivity contribution in [1.29, 1.82) is 0 Å². The maximum atomic E-state index is 12.2. The first-order chi connectivity index (χ1) is 12.7. The summed E-state index contributed by atoms with van der Waals surface area (Å²) in [5.41, 5.74) is 3.93. The summed E-state index contributed by atoms with van der Waals surface area (Å²) in [5.74, 6) is 1.06. The second kappa shape index (κ2) is 6.64. The smallest absolute Gasteiger partial charge is 0.231 e. The van der Waals surface area contributed by atoms with E-state index in [0.29, 0.717) is 42.7 Å². The van der Waals surface area contributed by atoms with Crippen molar-refractivity contribution in [2.75, 3.05) is 25.2 Å². The summed E-state index contributed by atoms with van der Waals surface area (Å²) in [6.07, 6.45) is 3.78. The molecule has 1 aliphatic rings. The Labute approximate surface area is 149 Å². The fourth-order valence-corrected chi connectivity index (χ4v) is 2.95. The van der Waals surface area contributed by atoms with Gasteiger partial charge in [0.2, 0.25) is 17.6 Å². The number of fused-ring (bicyclic) bond motifs is 1. The van der Waals surface area contributed by atoms with Gasteiger partial charge in [-0.2, -0.15) is 4.98 Å². The lowest BCUT2D eigenvalue weighted by molar-refractivity contribution is -0.117. The third-order valence-corrected chi connectivity index (χ3v) is 4.22. The van der Waals surface area contributed by atoms with Gasteiger partial charge < -0.3 is 14.2 Å². The van der Waals surface area contributed by atoms with Crippen molar-refractivity contribution in [3.8, 4) is 22.8 Å². The molecular formula is C18H17N5O3. The minimum Gasteiger partial charge on any atom is -0.383 e. The summed E-state index contributed by atoms with van der Waals surface area (Å²) in [5, 5.41) is 3.93. The van der Waals surface area contributed by atoms with E-state index in [1.54, 1.807) is 31.3 Å². The maximum Gasteiger partial charge on any atom is 0.231 e. The summed E-state index contributed by atoms with van der Waals surface area (Å²) >= 11 is 0. The molecule has 4 heterocycles. The van der Waals surface area contributed by atoms with Gasteiger partial charge in [-0.05, 0) is 18.2 Å². The van der Waals surface area contributed by atoms with Gasteiger partial charge in [0.1, 0.15) is 0 Å². The Hall–Kier alpha value is -3.13. The third-order valence-electron chi connectivity index (χ3n) is 4.22. The van der Waals surface area contributed by atoms with Crippen LogP contribution in [0.1, 0.15) is 11.5 Å². The first-order valence-electron chi connectivity index (χ1n) is 8.21. The highest BCUT2D eigenvalue weighted by atomic mass is 16.5. The van der Waals surface area contributed by atoms with Crippen LogP contribution >= 0.6 is 0 Å². The third kappa shape index (κ3) is 2.95. The van der Waals surface area contributed by atoms with Gasteiger partial charge in [-0.1, -0.05) is 5.16 Å². The van der Waals surface area contributed by atoms with Gasteiger partial charge in [0.15, 0.2) is 0 Å². The van der Waals surface area contributed by atoms with Crippen LogP contribution in [0, 0.1) is 6.92 Å². The normalized spacial score (nSPS) is 13.3. The van der Waals surface area contributed by atoms with Crippen molar-refractivity contribution in [3.05, 3.63) is 42.0 Å². The minimum absolute atomic E-state index is 0.0555. The van der Waals surface area contributed by atoms with Crippen molar-refractivity contribution in [2.45, 2.75) is 13.3 Å². The fourth-order valence-electron chi connectivity index (χ4n) is 2.95. The van der Waals surface area contributed by atoms with Gasteiger partial charge in [-0.15, -0.1) is 0 Å². The van der Waals surface area contributed by atoms with E-state index < -0.39 is 0 Å². The molecule has 132 valence electrons. The molecule has 0 radical (unpaired) electrons. The van der Waals surface area contributed by atoms with Gasteiger partial charge in [0.25, 0.3) is 0 Å². The highest BCUT2D eigenvalue weighted by molar-refractivity contribution is 6.01. The molecule has 0 saturated carbocycles. The molecule has 8 heteroatoms. The molecule has 0 spiro atoms. The molecule has 1 amide bonds. The van der Waals surface area contributed by atoms with Crippen molar-refractivity contribution < 1.29 is 14.1 Å². The molecule has 0 saturated heterocycles.